The van der Waals surface area contributed by atoms with Gasteiger partial charge in [0, 0.05) is 25.9 Å². The Morgan fingerprint density at radius 2 is 1.88 bits per heavy atom. The summed E-state index contributed by atoms with van der Waals surface area (Å²) in [5.74, 6) is -1.96. The number of benzene rings is 1. The molecule has 0 aliphatic carbocycles. The quantitative estimate of drug-likeness (QED) is 0.485. The Kier molecular flexibility index (Phi) is 4.40. The molecule has 1 aromatic carbocycles. The molecule has 0 saturated carbocycles. The van der Waals surface area contributed by atoms with Crippen LogP contribution in [0.2, 0.25) is 0 Å². The molecule has 2 nitrogen and oxygen atoms in total. The van der Waals surface area contributed by atoms with E-state index in [9.17, 15) is 13.6 Å². The maximum Gasteiger partial charge on any atom is 0.190 e. The predicted molar refractivity (Wildman–Crippen MR) is 65.8 cm³/mol. The Morgan fingerprint density at radius 1 is 1.29 bits per heavy atom. The number of rotatable bonds is 3. The third-order valence-electron chi connectivity index (χ3n) is 2.32. The van der Waals surface area contributed by atoms with Crippen LogP contribution in [0.25, 0.3) is 0 Å². The van der Waals surface area contributed by atoms with Crippen LogP contribution in [0.3, 0.4) is 0 Å². The molecular weight excluding hydrogens is 292 g/mol. The molecule has 0 bridgehead atoms. The zero-order valence-corrected chi connectivity index (χ0v) is 11.3. The highest BCUT2D eigenvalue weighted by Crippen LogP contribution is 2.20. The fraction of sp³-hybridized carbons (Fsp3) is 0.250. The van der Waals surface area contributed by atoms with Crippen molar-refractivity contribution in [3.05, 3.63) is 45.6 Å². The van der Waals surface area contributed by atoms with Gasteiger partial charge >= 0.3 is 0 Å². The van der Waals surface area contributed by atoms with E-state index in [0.29, 0.717) is 5.70 Å². The number of carbonyl (C=O) groups excluding carboxylic acids is 1. The van der Waals surface area contributed by atoms with Gasteiger partial charge in [0.05, 0.1) is 10.0 Å². The second kappa shape index (κ2) is 5.40. The second-order valence-electron chi connectivity index (χ2n) is 3.79. The first kappa shape index (κ1) is 13.8. The van der Waals surface area contributed by atoms with Crippen LogP contribution in [0.15, 0.2) is 28.4 Å². The number of nitrogens with zero attached hydrogens (tertiary/aromatic N) is 1. The van der Waals surface area contributed by atoms with E-state index in [0.717, 1.165) is 12.1 Å². The molecule has 0 spiro atoms. The van der Waals surface area contributed by atoms with Gasteiger partial charge in [-0.25, -0.2) is 8.78 Å². The fourth-order valence-electron chi connectivity index (χ4n) is 1.11. The van der Waals surface area contributed by atoms with E-state index < -0.39 is 17.4 Å². The van der Waals surface area contributed by atoms with Gasteiger partial charge in [-0.1, -0.05) is 0 Å². The molecule has 0 amide bonds. The van der Waals surface area contributed by atoms with Crippen LogP contribution in [-0.2, 0) is 0 Å². The minimum atomic E-state index is -0.744. The summed E-state index contributed by atoms with van der Waals surface area (Å²) in [6, 6.07) is 1.84. The number of carbonyl (C=O) groups is 1. The molecule has 0 N–H and O–H groups in total. The summed E-state index contributed by atoms with van der Waals surface area (Å²) in [5.41, 5.74) is 0.393. The van der Waals surface area contributed by atoms with Gasteiger partial charge in [-0.3, -0.25) is 4.79 Å². The Labute approximate surface area is 107 Å². The number of halogens is 3. The van der Waals surface area contributed by atoms with E-state index >= 15 is 0 Å². The monoisotopic (exact) mass is 303 g/mol. The van der Waals surface area contributed by atoms with E-state index in [1.54, 1.807) is 25.9 Å². The van der Waals surface area contributed by atoms with Crippen LogP contribution in [0, 0.1) is 11.6 Å². The van der Waals surface area contributed by atoms with Crippen LogP contribution in [-0.4, -0.2) is 24.8 Å². The standard InChI is InChI=1S/C12H12BrF2NO/c1-7(16(2)3)4-12(17)8-5-11(15)9(13)6-10(8)14/h4-6H,1-3H3. The van der Waals surface area contributed by atoms with Crippen molar-refractivity contribution in [2.75, 3.05) is 14.1 Å². The van der Waals surface area contributed by atoms with Gasteiger partial charge < -0.3 is 4.90 Å². The van der Waals surface area contributed by atoms with Gasteiger partial charge in [0.2, 0.25) is 0 Å². The minimum Gasteiger partial charge on any atom is -0.381 e. The van der Waals surface area contributed by atoms with E-state index in [2.05, 4.69) is 15.9 Å². The van der Waals surface area contributed by atoms with Crippen molar-refractivity contribution in [2.24, 2.45) is 0 Å². The molecule has 0 fully saturated rings. The van der Waals surface area contributed by atoms with E-state index in [1.807, 2.05) is 0 Å². The maximum atomic E-state index is 13.5. The first-order valence-electron chi connectivity index (χ1n) is 4.87. The van der Waals surface area contributed by atoms with Crippen molar-refractivity contribution >= 4 is 21.7 Å². The Morgan fingerprint density at radius 3 is 2.41 bits per heavy atom. The third kappa shape index (κ3) is 3.36. The highest BCUT2D eigenvalue weighted by molar-refractivity contribution is 9.10. The smallest absolute Gasteiger partial charge is 0.190 e. The van der Waals surface area contributed by atoms with Crippen molar-refractivity contribution in [3.63, 3.8) is 0 Å². The molecule has 0 heterocycles. The molecule has 0 aromatic heterocycles. The lowest BCUT2D eigenvalue weighted by atomic mass is 10.1. The van der Waals surface area contributed by atoms with Crippen molar-refractivity contribution < 1.29 is 13.6 Å². The normalized spacial score (nSPS) is 11.5. The molecule has 1 aromatic rings. The lowest BCUT2D eigenvalue weighted by Gasteiger charge is -2.12. The average molecular weight is 304 g/mol. The van der Waals surface area contributed by atoms with Crippen molar-refractivity contribution in [1.29, 1.82) is 0 Å². The first-order chi connectivity index (χ1) is 7.82. The molecule has 92 valence electrons. The molecular formula is C12H12BrF2NO. The lowest BCUT2D eigenvalue weighted by Crippen LogP contribution is -2.11. The van der Waals surface area contributed by atoms with Crippen LogP contribution >= 0.6 is 15.9 Å². The van der Waals surface area contributed by atoms with E-state index in [-0.39, 0.29) is 10.0 Å². The first-order valence-corrected chi connectivity index (χ1v) is 5.66. The van der Waals surface area contributed by atoms with Gasteiger partial charge in [0.1, 0.15) is 11.6 Å². The predicted octanol–water partition coefficient (Wildman–Crippen LogP) is 3.38. The molecule has 0 aliphatic rings. The van der Waals surface area contributed by atoms with Gasteiger partial charge in [-0.2, -0.15) is 0 Å². The minimum absolute atomic E-state index is 0.000129. The van der Waals surface area contributed by atoms with Gasteiger partial charge in [0.25, 0.3) is 0 Å². The Bertz CT molecular complexity index is 484. The number of ketones is 1. The zero-order chi connectivity index (χ0) is 13.2. The largest absolute Gasteiger partial charge is 0.381 e. The summed E-state index contributed by atoms with van der Waals surface area (Å²) in [5, 5.41) is 0. The highest BCUT2D eigenvalue weighted by atomic mass is 79.9. The van der Waals surface area contributed by atoms with Crippen LogP contribution in [0.4, 0.5) is 8.78 Å². The SMILES string of the molecule is CC(=CC(=O)c1cc(F)c(Br)cc1F)N(C)C. The van der Waals surface area contributed by atoms with Crippen molar-refractivity contribution in [3.8, 4) is 0 Å². The molecule has 17 heavy (non-hydrogen) atoms. The van der Waals surface area contributed by atoms with Gasteiger partial charge in [-0.15, -0.1) is 0 Å². The summed E-state index contributed by atoms with van der Waals surface area (Å²) < 4.78 is 26.7. The molecule has 0 unspecified atom stereocenters. The van der Waals surface area contributed by atoms with Crippen LogP contribution in [0.1, 0.15) is 17.3 Å². The highest BCUT2D eigenvalue weighted by Gasteiger charge is 2.14. The number of hydrogen-bond donors (Lipinski definition) is 0. The number of hydrogen-bond acceptors (Lipinski definition) is 2. The summed E-state index contributed by atoms with van der Waals surface area (Å²) in [4.78, 5) is 13.4. The molecule has 0 saturated heterocycles. The second-order valence-corrected chi connectivity index (χ2v) is 4.64. The zero-order valence-electron chi connectivity index (χ0n) is 9.72. The lowest BCUT2D eigenvalue weighted by molar-refractivity contribution is 0.104. The Balaban J connectivity index is 3.14. The summed E-state index contributed by atoms with van der Waals surface area (Å²) >= 11 is 2.85. The fourth-order valence-corrected chi connectivity index (χ4v) is 1.42. The van der Waals surface area contributed by atoms with E-state index in [4.69, 9.17) is 0 Å². The molecule has 5 heteroatoms. The van der Waals surface area contributed by atoms with Crippen molar-refractivity contribution in [1.82, 2.24) is 4.90 Å². The molecule has 0 atom stereocenters. The summed E-state index contributed by atoms with van der Waals surface area (Å²) in [7, 11) is 3.52. The molecule has 0 radical (unpaired) electrons. The summed E-state index contributed by atoms with van der Waals surface area (Å²) in [6.07, 6.45) is 1.27. The van der Waals surface area contributed by atoms with Crippen molar-refractivity contribution in [2.45, 2.75) is 6.92 Å². The molecule has 0 aliphatic heterocycles. The average Bonchev–Trinajstić information content (AvgIpc) is 2.22. The number of allylic oxidation sites excluding steroid dienone is 2. The third-order valence-corrected chi connectivity index (χ3v) is 2.93. The Hall–Kier alpha value is -1.23. The van der Waals surface area contributed by atoms with Gasteiger partial charge in [-0.05, 0) is 35.0 Å². The van der Waals surface area contributed by atoms with Crippen LogP contribution in [0.5, 0.6) is 0 Å². The summed E-state index contributed by atoms with van der Waals surface area (Å²) in [6.45, 7) is 1.71. The van der Waals surface area contributed by atoms with Crippen LogP contribution < -0.4 is 0 Å². The maximum absolute atomic E-state index is 13.5. The van der Waals surface area contributed by atoms with Gasteiger partial charge in [0.15, 0.2) is 5.78 Å². The molecule has 1 rings (SSSR count). The van der Waals surface area contributed by atoms with E-state index in [1.165, 1.54) is 6.08 Å². The topological polar surface area (TPSA) is 20.3 Å².